The SMILES string of the molecule is Cc1cc(C)c(-c2ccc(F)cc2F)c(C)c1. The molecule has 17 heavy (non-hydrogen) atoms. The monoisotopic (exact) mass is 232 g/mol. The summed E-state index contributed by atoms with van der Waals surface area (Å²) in [6, 6.07) is 7.72. The van der Waals surface area contributed by atoms with Crippen molar-refractivity contribution in [1.82, 2.24) is 0 Å². The molecule has 0 radical (unpaired) electrons. The second-order valence-corrected chi connectivity index (χ2v) is 4.40. The maximum absolute atomic E-state index is 13.8. The second-order valence-electron chi connectivity index (χ2n) is 4.40. The van der Waals surface area contributed by atoms with Crippen LogP contribution in [0, 0.1) is 32.4 Å². The first-order valence-electron chi connectivity index (χ1n) is 5.52. The topological polar surface area (TPSA) is 0 Å². The molecular weight excluding hydrogens is 218 g/mol. The molecule has 2 aromatic carbocycles. The molecule has 2 aromatic rings. The number of benzene rings is 2. The number of hydrogen-bond acceptors (Lipinski definition) is 0. The maximum Gasteiger partial charge on any atom is 0.133 e. The van der Waals surface area contributed by atoms with Gasteiger partial charge in [-0.05, 0) is 49.6 Å². The summed E-state index contributed by atoms with van der Waals surface area (Å²) in [7, 11) is 0. The average molecular weight is 232 g/mol. The van der Waals surface area contributed by atoms with Crippen LogP contribution in [0.3, 0.4) is 0 Å². The molecule has 2 heteroatoms. The highest BCUT2D eigenvalue weighted by molar-refractivity contribution is 5.71. The van der Waals surface area contributed by atoms with Gasteiger partial charge in [-0.3, -0.25) is 0 Å². The van der Waals surface area contributed by atoms with E-state index in [0.29, 0.717) is 5.56 Å². The predicted octanol–water partition coefficient (Wildman–Crippen LogP) is 4.56. The minimum atomic E-state index is -0.548. The van der Waals surface area contributed by atoms with Gasteiger partial charge in [0.05, 0.1) is 0 Å². The standard InChI is InChI=1S/C15H14F2/c1-9-6-10(2)15(11(3)7-9)13-5-4-12(16)8-14(13)17/h4-8H,1-3H3. The van der Waals surface area contributed by atoms with Crippen molar-refractivity contribution < 1.29 is 8.78 Å². The van der Waals surface area contributed by atoms with E-state index in [1.54, 1.807) is 0 Å². The van der Waals surface area contributed by atoms with Gasteiger partial charge in [-0.2, -0.15) is 0 Å². The third kappa shape index (κ3) is 2.21. The van der Waals surface area contributed by atoms with Crippen LogP contribution in [0.4, 0.5) is 8.78 Å². The molecule has 0 aromatic heterocycles. The van der Waals surface area contributed by atoms with E-state index in [4.69, 9.17) is 0 Å². The van der Waals surface area contributed by atoms with Crippen molar-refractivity contribution in [3.8, 4) is 11.1 Å². The Labute approximate surface area is 99.9 Å². The highest BCUT2D eigenvalue weighted by Crippen LogP contribution is 2.30. The summed E-state index contributed by atoms with van der Waals surface area (Å²) in [4.78, 5) is 0. The van der Waals surface area contributed by atoms with Gasteiger partial charge < -0.3 is 0 Å². The molecule has 0 N–H and O–H groups in total. The van der Waals surface area contributed by atoms with Crippen molar-refractivity contribution >= 4 is 0 Å². The van der Waals surface area contributed by atoms with Gasteiger partial charge >= 0.3 is 0 Å². The predicted molar refractivity (Wildman–Crippen MR) is 66.0 cm³/mol. The van der Waals surface area contributed by atoms with Gasteiger partial charge in [-0.25, -0.2) is 8.78 Å². The first-order chi connectivity index (χ1) is 7.99. The van der Waals surface area contributed by atoms with E-state index in [1.807, 2.05) is 32.9 Å². The van der Waals surface area contributed by atoms with Crippen molar-refractivity contribution in [2.45, 2.75) is 20.8 Å². The Hall–Kier alpha value is -1.70. The van der Waals surface area contributed by atoms with Crippen LogP contribution < -0.4 is 0 Å². The molecule has 0 bridgehead atoms. The van der Waals surface area contributed by atoms with Crippen LogP contribution in [0.1, 0.15) is 16.7 Å². The molecule has 0 saturated heterocycles. The Morgan fingerprint density at radius 3 is 1.94 bits per heavy atom. The second kappa shape index (κ2) is 4.28. The van der Waals surface area contributed by atoms with Crippen LogP contribution in [0.25, 0.3) is 11.1 Å². The molecule has 0 saturated carbocycles. The van der Waals surface area contributed by atoms with Crippen LogP contribution in [0.2, 0.25) is 0 Å². The lowest BCUT2D eigenvalue weighted by atomic mass is 9.93. The molecule has 0 aliphatic heterocycles. The van der Waals surface area contributed by atoms with Gasteiger partial charge in [0.2, 0.25) is 0 Å². The van der Waals surface area contributed by atoms with Crippen molar-refractivity contribution in [2.75, 3.05) is 0 Å². The lowest BCUT2D eigenvalue weighted by Crippen LogP contribution is -1.93. The molecular formula is C15H14F2. The smallest absolute Gasteiger partial charge is 0.133 e. The summed E-state index contributed by atoms with van der Waals surface area (Å²) in [5, 5.41) is 0. The zero-order valence-electron chi connectivity index (χ0n) is 10.1. The van der Waals surface area contributed by atoms with E-state index in [0.717, 1.165) is 28.3 Å². The largest absolute Gasteiger partial charge is 0.207 e. The summed E-state index contributed by atoms with van der Waals surface area (Å²) in [5.41, 5.74) is 4.47. The number of rotatable bonds is 1. The summed E-state index contributed by atoms with van der Waals surface area (Å²) in [6.45, 7) is 5.89. The fourth-order valence-electron chi connectivity index (χ4n) is 2.30. The Balaban J connectivity index is 2.68. The van der Waals surface area contributed by atoms with Crippen LogP contribution >= 0.6 is 0 Å². The third-order valence-electron chi connectivity index (χ3n) is 2.88. The van der Waals surface area contributed by atoms with Gasteiger partial charge in [-0.1, -0.05) is 17.7 Å². The van der Waals surface area contributed by atoms with Crippen LogP contribution in [-0.2, 0) is 0 Å². The van der Waals surface area contributed by atoms with Gasteiger partial charge in [0.15, 0.2) is 0 Å². The molecule has 0 amide bonds. The lowest BCUT2D eigenvalue weighted by Gasteiger charge is -2.12. The zero-order valence-corrected chi connectivity index (χ0v) is 10.1. The Kier molecular flexibility index (Phi) is 2.97. The zero-order chi connectivity index (χ0) is 12.6. The molecule has 0 heterocycles. The summed E-state index contributed by atoms with van der Waals surface area (Å²) < 4.78 is 26.6. The van der Waals surface area contributed by atoms with Gasteiger partial charge in [0.25, 0.3) is 0 Å². The fraction of sp³-hybridized carbons (Fsp3) is 0.200. The molecule has 0 nitrogen and oxygen atoms in total. The molecule has 0 aliphatic rings. The lowest BCUT2D eigenvalue weighted by molar-refractivity contribution is 0.585. The highest BCUT2D eigenvalue weighted by Gasteiger charge is 2.11. The molecule has 0 atom stereocenters. The molecule has 0 unspecified atom stereocenters. The van der Waals surface area contributed by atoms with Crippen molar-refractivity contribution in [3.63, 3.8) is 0 Å². The van der Waals surface area contributed by atoms with E-state index in [9.17, 15) is 8.78 Å². The van der Waals surface area contributed by atoms with E-state index in [1.165, 1.54) is 12.1 Å². The van der Waals surface area contributed by atoms with Crippen LogP contribution in [0.5, 0.6) is 0 Å². The fourth-order valence-corrected chi connectivity index (χ4v) is 2.30. The van der Waals surface area contributed by atoms with E-state index < -0.39 is 11.6 Å². The first-order valence-corrected chi connectivity index (χ1v) is 5.52. The van der Waals surface area contributed by atoms with Crippen LogP contribution in [0.15, 0.2) is 30.3 Å². The van der Waals surface area contributed by atoms with Gasteiger partial charge in [0, 0.05) is 11.6 Å². The minimum Gasteiger partial charge on any atom is -0.207 e. The Morgan fingerprint density at radius 1 is 0.824 bits per heavy atom. The van der Waals surface area contributed by atoms with Crippen molar-refractivity contribution in [3.05, 3.63) is 58.7 Å². The quantitative estimate of drug-likeness (QED) is 0.676. The van der Waals surface area contributed by atoms with Crippen molar-refractivity contribution in [1.29, 1.82) is 0 Å². The van der Waals surface area contributed by atoms with E-state index >= 15 is 0 Å². The van der Waals surface area contributed by atoms with Gasteiger partial charge in [0.1, 0.15) is 11.6 Å². The maximum atomic E-state index is 13.8. The van der Waals surface area contributed by atoms with Gasteiger partial charge in [-0.15, -0.1) is 0 Å². The Morgan fingerprint density at radius 2 is 1.41 bits per heavy atom. The molecule has 2 rings (SSSR count). The normalized spacial score (nSPS) is 10.6. The molecule has 88 valence electrons. The summed E-state index contributed by atoms with van der Waals surface area (Å²) in [5.74, 6) is -1.06. The highest BCUT2D eigenvalue weighted by atomic mass is 19.1. The van der Waals surface area contributed by atoms with E-state index in [-0.39, 0.29) is 0 Å². The number of hydrogen-bond donors (Lipinski definition) is 0. The minimum absolute atomic E-state index is 0.460. The van der Waals surface area contributed by atoms with E-state index in [2.05, 4.69) is 0 Å². The molecule has 0 fully saturated rings. The summed E-state index contributed by atoms with van der Waals surface area (Å²) >= 11 is 0. The Bertz CT molecular complexity index is 548. The van der Waals surface area contributed by atoms with Crippen molar-refractivity contribution in [2.24, 2.45) is 0 Å². The number of aryl methyl sites for hydroxylation is 3. The summed E-state index contributed by atoms with van der Waals surface area (Å²) in [6.07, 6.45) is 0. The van der Waals surface area contributed by atoms with Crippen LogP contribution in [-0.4, -0.2) is 0 Å². The third-order valence-corrected chi connectivity index (χ3v) is 2.88. The molecule has 0 spiro atoms. The number of halogens is 2. The average Bonchev–Trinajstić information content (AvgIpc) is 2.19. The molecule has 0 aliphatic carbocycles. The first kappa shape index (κ1) is 11.8.